The fourth-order valence-electron chi connectivity index (χ4n) is 3.15. The zero-order chi connectivity index (χ0) is 23.0. The number of nitrogen functional groups attached to an aromatic ring is 1. The average molecular weight is 463 g/mol. The van der Waals surface area contributed by atoms with Crippen LogP contribution in [0.2, 0.25) is 5.02 Å². The molecule has 3 aromatic carbocycles. The van der Waals surface area contributed by atoms with Crippen molar-refractivity contribution in [2.75, 3.05) is 18.9 Å². The number of anilines is 1. The smallest absolute Gasteiger partial charge is 0.256 e. The molecule has 0 bridgehead atoms. The van der Waals surface area contributed by atoms with Crippen molar-refractivity contribution < 1.29 is 14.3 Å². The van der Waals surface area contributed by atoms with E-state index in [9.17, 15) is 4.79 Å². The fraction of sp³-hybridized carbons (Fsp3) is 0.120. The predicted molar refractivity (Wildman–Crippen MR) is 128 cm³/mol. The SMILES string of the molecule is Nc1nn(Cc2ccc(Oc3ccccc3)cc2)cc1C(=O)NCCOc1cccc(Cl)c1. The number of rotatable bonds is 9. The molecule has 0 unspecified atom stereocenters. The maximum atomic E-state index is 12.5. The van der Waals surface area contributed by atoms with Gasteiger partial charge in [-0.3, -0.25) is 9.48 Å². The summed E-state index contributed by atoms with van der Waals surface area (Å²) in [6.45, 7) is 1.09. The van der Waals surface area contributed by atoms with E-state index in [1.165, 1.54) is 0 Å². The van der Waals surface area contributed by atoms with E-state index in [-0.39, 0.29) is 11.7 Å². The van der Waals surface area contributed by atoms with E-state index in [2.05, 4.69) is 10.4 Å². The number of benzene rings is 3. The van der Waals surface area contributed by atoms with E-state index in [0.29, 0.717) is 36.0 Å². The summed E-state index contributed by atoms with van der Waals surface area (Å²) in [4.78, 5) is 12.5. The number of halogens is 1. The Morgan fingerprint density at radius 1 is 0.970 bits per heavy atom. The molecule has 1 aromatic heterocycles. The lowest BCUT2D eigenvalue weighted by atomic mass is 10.2. The second kappa shape index (κ2) is 10.6. The number of nitrogens with zero attached hydrogens (tertiary/aromatic N) is 2. The first-order chi connectivity index (χ1) is 16.1. The lowest BCUT2D eigenvalue weighted by molar-refractivity contribution is 0.0947. The number of para-hydroxylation sites is 1. The van der Waals surface area contributed by atoms with Gasteiger partial charge in [-0.25, -0.2) is 0 Å². The van der Waals surface area contributed by atoms with Crippen LogP contribution in [0.1, 0.15) is 15.9 Å². The third-order valence-corrected chi connectivity index (χ3v) is 4.97. The minimum absolute atomic E-state index is 0.173. The zero-order valence-electron chi connectivity index (χ0n) is 17.8. The Bertz CT molecular complexity index is 1210. The van der Waals surface area contributed by atoms with Crippen LogP contribution in [0.25, 0.3) is 0 Å². The van der Waals surface area contributed by atoms with Crippen molar-refractivity contribution in [1.29, 1.82) is 0 Å². The number of ether oxygens (including phenoxy) is 2. The van der Waals surface area contributed by atoms with E-state index in [4.69, 9.17) is 26.8 Å². The van der Waals surface area contributed by atoms with Gasteiger partial charge < -0.3 is 20.5 Å². The third-order valence-electron chi connectivity index (χ3n) is 4.73. The number of aromatic nitrogens is 2. The Balaban J connectivity index is 1.29. The first kappa shape index (κ1) is 22.2. The van der Waals surface area contributed by atoms with Gasteiger partial charge in [-0.2, -0.15) is 5.10 Å². The van der Waals surface area contributed by atoms with Crippen molar-refractivity contribution in [3.63, 3.8) is 0 Å². The monoisotopic (exact) mass is 462 g/mol. The number of carbonyl (C=O) groups is 1. The molecule has 168 valence electrons. The molecule has 33 heavy (non-hydrogen) atoms. The molecule has 0 radical (unpaired) electrons. The highest BCUT2D eigenvalue weighted by atomic mass is 35.5. The van der Waals surface area contributed by atoms with Gasteiger partial charge in [-0.15, -0.1) is 0 Å². The maximum absolute atomic E-state index is 12.5. The highest BCUT2D eigenvalue weighted by molar-refractivity contribution is 6.30. The number of amides is 1. The number of carbonyl (C=O) groups excluding carboxylic acids is 1. The normalized spacial score (nSPS) is 10.6. The lowest BCUT2D eigenvalue weighted by Crippen LogP contribution is -2.28. The zero-order valence-corrected chi connectivity index (χ0v) is 18.5. The van der Waals surface area contributed by atoms with Crippen LogP contribution in [0.15, 0.2) is 85.1 Å². The molecule has 4 rings (SSSR count). The van der Waals surface area contributed by atoms with Crippen molar-refractivity contribution in [3.05, 3.63) is 101 Å². The van der Waals surface area contributed by atoms with E-state index < -0.39 is 0 Å². The molecular formula is C25H23ClN4O3. The second-order valence-electron chi connectivity index (χ2n) is 7.25. The quantitative estimate of drug-likeness (QED) is 0.350. The summed E-state index contributed by atoms with van der Waals surface area (Å²) in [5.41, 5.74) is 7.28. The number of nitrogens with two attached hydrogens (primary N) is 1. The van der Waals surface area contributed by atoms with E-state index in [0.717, 1.165) is 17.1 Å². The summed E-state index contributed by atoms with van der Waals surface area (Å²) in [6, 6.07) is 24.3. The molecule has 0 aliphatic rings. The topological polar surface area (TPSA) is 91.4 Å². The molecule has 8 heteroatoms. The van der Waals surface area contributed by atoms with E-state index in [1.807, 2.05) is 54.6 Å². The molecule has 0 spiro atoms. The Morgan fingerprint density at radius 2 is 1.70 bits per heavy atom. The van der Waals surface area contributed by atoms with Crippen molar-refractivity contribution in [2.24, 2.45) is 0 Å². The molecule has 0 fully saturated rings. The maximum Gasteiger partial charge on any atom is 0.256 e. The predicted octanol–water partition coefficient (Wildman–Crippen LogP) is 4.77. The minimum atomic E-state index is -0.306. The van der Waals surface area contributed by atoms with Crippen molar-refractivity contribution in [1.82, 2.24) is 15.1 Å². The van der Waals surface area contributed by atoms with Gasteiger partial charge in [0.05, 0.1) is 13.1 Å². The Labute approximate surface area is 196 Å². The standard InChI is InChI=1S/C25H23ClN4O3/c26-19-5-4-8-22(15-19)32-14-13-28-25(31)23-17-30(29-24(23)27)16-18-9-11-21(12-10-18)33-20-6-2-1-3-7-20/h1-12,15,17H,13-14,16H2,(H2,27,29)(H,28,31). The van der Waals surface area contributed by atoms with Gasteiger partial charge in [0.2, 0.25) is 0 Å². The number of hydrogen-bond donors (Lipinski definition) is 2. The van der Waals surface area contributed by atoms with Crippen LogP contribution in [0.3, 0.4) is 0 Å². The average Bonchev–Trinajstić information content (AvgIpc) is 3.18. The van der Waals surface area contributed by atoms with Crippen LogP contribution in [0.5, 0.6) is 17.2 Å². The summed E-state index contributed by atoms with van der Waals surface area (Å²) in [5, 5.41) is 7.64. The first-order valence-corrected chi connectivity index (χ1v) is 10.8. The Hall–Kier alpha value is -3.97. The van der Waals surface area contributed by atoms with Crippen molar-refractivity contribution in [2.45, 2.75) is 6.54 Å². The number of nitrogens with one attached hydrogen (secondary N) is 1. The molecule has 4 aromatic rings. The van der Waals surface area contributed by atoms with Gasteiger partial charge in [0.15, 0.2) is 5.82 Å². The molecular weight excluding hydrogens is 440 g/mol. The van der Waals surface area contributed by atoms with Crippen molar-refractivity contribution in [3.8, 4) is 17.2 Å². The molecule has 1 heterocycles. The fourth-order valence-corrected chi connectivity index (χ4v) is 3.33. The number of hydrogen-bond acceptors (Lipinski definition) is 5. The molecule has 7 nitrogen and oxygen atoms in total. The van der Waals surface area contributed by atoms with Crippen LogP contribution in [0, 0.1) is 0 Å². The molecule has 0 aliphatic heterocycles. The summed E-state index contributed by atoms with van der Waals surface area (Å²) in [6.07, 6.45) is 1.64. The Morgan fingerprint density at radius 3 is 2.45 bits per heavy atom. The van der Waals surface area contributed by atoms with Gasteiger partial charge >= 0.3 is 0 Å². The van der Waals surface area contributed by atoms with Gasteiger partial charge in [0.1, 0.15) is 29.4 Å². The summed E-state index contributed by atoms with van der Waals surface area (Å²) >= 11 is 5.93. The van der Waals surface area contributed by atoms with Crippen molar-refractivity contribution >= 4 is 23.3 Å². The first-order valence-electron chi connectivity index (χ1n) is 10.4. The molecule has 0 saturated carbocycles. The van der Waals surface area contributed by atoms with Gasteiger partial charge in [0, 0.05) is 11.2 Å². The summed E-state index contributed by atoms with van der Waals surface area (Å²) in [7, 11) is 0. The molecule has 0 atom stereocenters. The van der Waals surface area contributed by atoms with E-state index >= 15 is 0 Å². The largest absolute Gasteiger partial charge is 0.492 e. The molecule has 3 N–H and O–H groups in total. The van der Waals surface area contributed by atoms with Crippen LogP contribution < -0.4 is 20.5 Å². The van der Waals surface area contributed by atoms with Gasteiger partial charge in [0.25, 0.3) is 5.91 Å². The van der Waals surface area contributed by atoms with E-state index in [1.54, 1.807) is 35.1 Å². The van der Waals surface area contributed by atoms with Gasteiger partial charge in [-0.1, -0.05) is 48.0 Å². The third kappa shape index (κ3) is 6.27. The Kier molecular flexibility index (Phi) is 7.12. The van der Waals surface area contributed by atoms with Crippen LogP contribution >= 0.6 is 11.6 Å². The second-order valence-corrected chi connectivity index (χ2v) is 7.68. The van der Waals surface area contributed by atoms with Crippen LogP contribution in [0.4, 0.5) is 5.82 Å². The molecule has 1 amide bonds. The molecule has 0 aliphatic carbocycles. The molecule has 0 saturated heterocycles. The lowest BCUT2D eigenvalue weighted by Gasteiger charge is -2.07. The summed E-state index contributed by atoms with van der Waals surface area (Å²) < 4.78 is 13.0. The van der Waals surface area contributed by atoms with Crippen LogP contribution in [-0.4, -0.2) is 28.8 Å². The summed E-state index contributed by atoms with van der Waals surface area (Å²) in [5.74, 6) is 2.03. The van der Waals surface area contributed by atoms with Gasteiger partial charge in [-0.05, 0) is 48.0 Å². The van der Waals surface area contributed by atoms with Crippen LogP contribution in [-0.2, 0) is 6.54 Å². The minimum Gasteiger partial charge on any atom is -0.492 e. The highest BCUT2D eigenvalue weighted by Gasteiger charge is 2.14. The highest BCUT2D eigenvalue weighted by Crippen LogP contribution is 2.22.